The molecule has 2 aliphatic heterocycles. The largest absolute Gasteiger partial charge is 0.492 e. The maximum atomic E-state index is 6.29. The van der Waals surface area contributed by atoms with Gasteiger partial charge in [0.05, 0.1) is 25.5 Å². The van der Waals surface area contributed by atoms with Crippen molar-refractivity contribution in [1.29, 1.82) is 0 Å². The van der Waals surface area contributed by atoms with E-state index in [1.807, 2.05) is 0 Å². The zero-order valence-corrected chi connectivity index (χ0v) is 25.2. The van der Waals surface area contributed by atoms with Crippen molar-refractivity contribution in [3.63, 3.8) is 0 Å². The molecule has 0 unspecified atom stereocenters. The maximum absolute atomic E-state index is 6.29. The first-order valence-electron chi connectivity index (χ1n) is 14.5. The molecule has 0 aromatic heterocycles. The summed E-state index contributed by atoms with van der Waals surface area (Å²) in [5.41, 5.74) is 6.02. The lowest BCUT2D eigenvalue weighted by Crippen LogP contribution is -2.47. The summed E-state index contributed by atoms with van der Waals surface area (Å²) in [6, 6.07) is 4.83. The fraction of sp³-hybridized carbons (Fsp3) is 0.742. The van der Waals surface area contributed by atoms with Crippen LogP contribution >= 0.6 is 12.4 Å². The molecule has 2 fully saturated rings. The van der Waals surface area contributed by atoms with Crippen LogP contribution in [0.2, 0.25) is 0 Å². The van der Waals surface area contributed by atoms with E-state index < -0.39 is 0 Å². The number of nitrogens with zero attached hydrogens (tertiary/aromatic N) is 3. The van der Waals surface area contributed by atoms with Crippen LogP contribution in [-0.4, -0.2) is 70.5 Å². The lowest BCUT2D eigenvalue weighted by atomic mass is 9.65. The summed E-state index contributed by atoms with van der Waals surface area (Å²) in [6.07, 6.45) is 8.87. The van der Waals surface area contributed by atoms with E-state index in [2.05, 4.69) is 74.5 Å². The number of rotatable bonds is 9. The predicted octanol–water partition coefficient (Wildman–Crippen LogP) is 6.89. The van der Waals surface area contributed by atoms with Gasteiger partial charge in [0.25, 0.3) is 0 Å². The van der Waals surface area contributed by atoms with E-state index in [0.29, 0.717) is 12.0 Å². The molecule has 2 heterocycles. The van der Waals surface area contributed by atoms with Gasteiger partial charge in [0.2, 0.25) is 0 Å². The molecule has 0 amide bonds. The van der Waals surface area contributed by atoms with Gasteiger partial charge < -0.3 is 19.3 Å². The molecule has 1 aliphatic carbocycles. The van der Waals surface area contributed by atoms with Crippen LogP contribution in [-0.2, 0) is 4.74 Å². The predicted molar refractivity (Wildman–Crippen MR) is 161 cm³/mol. The molecular formula is C31H52ClN3O2. The Bertz CT molecular complexity index is 900. The van der Waals surface area contributed by atoms with E-state index in [0.717, 1.165) is 64.7 Å². The number of benzene rings is 1. The number of hydrogen-bond acceptors (Lipinski definition) is 5. The van der Waals surface area contributed by atoms with Crippen LogP contribution < -0.4 is 14.5 Å². The van der Waals surface area contributed by atoms with E-state index in [1.165, 1.54) is 54.7 Å². The van der Waals surface area contributed by atoms with E-state index >= 15 is 0 Å². The lowest BCUT2D eigenvalue weighted by molar-refractivity contribution is 0.122. The molecule has 5 nitrogen and oxygen atoms in total. The molecule has 1 aromatic rings. The van der Waals surface area contributed by atoms with Gasteiger partial charge in [-0.1, -0.05) is 53.5 Å². The Labute approximate surface area is 233 Å². The summed E-state index contributed by atoms with van der Waals surface area (Å²) in [7, 11) is 0. The minimum Gasteiger partial charge on any atom is -0.492 e. The van der Waals surface area contributed by atoms with Crippen LogP contribution in [0.3, 0.4) is 0 Å². The van der Waals surface area contributed by atoms with Crippen molar-refractivity contribution in [3.05, 3.63) is 23.8 Å². The van der Waals surface area contributed by atoms with Gasteiger partial charge in [-0.05, 0) is 55.2 Å². The summed E-state index contributed by atoms with van der Waals surface area (Å²) in [6.45, 7) is 23.9. The summed E-state index contributed by atoms with van der Waals surface area (Å²) >= 11 is 0. The maximum Gasteiger partial charge on any atom is 0.144 e. The second-order valence-corrected chi connectivity index (χ2v) is 12.6. The van der Waals surface area contributed by atoms with Gasteiger partial charge in [-0.25, -0.2) is 0 Å². The molecule has 2 saturated heterocycles. The molecule has 210 valence electrons. The minimum absolute atomic E-state index is 0. The molecule has 37 heavy (non-hydrogen) atoms. The first-order chi connectivity index (χ1) is 17.2. The topological polar surface area (TPSA) is 28.2 Å². The second-order valence-electron chi connectivity index (χ2n) is 12.6. The molecular weight excluding hydrogens is 482 g/mol. The van der Waals surface area contributed by atoms with E-state index in [9.17, 15) is 0 Å². The monoisotopic (exact) mass is 533 g/mol. The van der Waals surface area contributed by atoms with Crippen molar-refractivity contribution >= 4 is 29.4 Å². The van der Waals surface area contributed by atoms with Gasteiger partial charge in [-0.15, -0.1) is 12.4 Å². The summed E-state index contributed by atoms with van der Waals surface area (Å²) in [4.78, 5) is 7.75. The number of halogens is 1. The Hall–Kier alpha value is -1.43. The van der Waals surface area contributed by atoms with Crippen molar-refractivity contribution in [3.8, 4) is 5.75 Å². The molecule has 0 radical (unpaired) electrons. The zero-order chi connectivity index (χ0) is 25.8. The fourth-order valence-electron chi connectivity index (χ4n) is 6.75. The van der Waals surface area contributed by atoms with Gasteiger partial charge in [0.15, 0.2) is 0 Å². The minimum atomic E-state index is 0. The number of ether oxygens (including phenoxy) is 2. The number of anilines is 2. The molecule has 4 rings (SSSR count). The molecule has 1 aromatic carbocycles. The SMILES string of the molecule is CCCCCN1CCN(c2cc(OCC)c(N3CCOCC3)cc2C2=CC(C)(C)CC(C)(C)C2)CC1.Cl. The molecule has 0 bridgehead atoms. The number of morpholine rings is 1. The van der Waals surface area contributed by atoms with Crippen LogP contribution in [0.5, 0.6) is 5.75 Å². The Morgan fingerprint density at radius 2 is 1.54 bits per heavy atom. The Morgan fingerprint density at radius 3 is 2.16 bits per heavy atom. The van der Waals surface area contributed by atoms with Crippen LogP contribution in [0.15, 0.2) is 18.2 Å². The number of unbranched alkanes of at least 4 members (excludes halogenated alkanes) is 2. The zero-order valence-electron chi connectivity index (χ0n) is 24.4. The van der Waals surface area contributed by atoms with Crippen molar-refractivity contribution in [2.45, 2.75) is 73.6 Å². The van der Waals surface area contributed by atoms with Gasteiger partial charge in [-0.3, -0.25) is 4.90 Å². The third-order valence-corrected chi connectivity index (χ3v) is 8.03. The number of piperazine rings is 1. The molecule has 0 atom stereocenters. The van der Waals surface area contributed by atoms with Crippen LogP contribution in [0.25, 0.3) is 5.57 Å². The van der Waals surface area contributed by atoms with Gasteiger partial charge in [0, 0.05) is 56.6 Å². The smallest absolute Gasteiger partial charge is 0.144 e. The van der Waals surface area contributed by atoms with E-state index in [4.69, 9.17) is 9.47 Å². The summed E-state index contributed by atoms with van der Waals surface area (Å²) in [5, 5.41) is 0. The lowest BCUT2D eigenvalue weighted by Gasteiger charge is -2.42. The molecule has 6 heteroatoms. The van der Waals surface area contributed by atoms with Crippen molar-refractivity contribution < 1.29 is 9.47 Å². The van der Waals surface area contributed by atoms with Crippen molar-refractivity contribution in [2.24, 2.45) is 10.8 Å². The quantitative estimate of drug-likeness (QED) is 0.322. The number of hydrogen-bond donors (Lipinski definition) is 0. The van der Waals surface area contributed by atoms with Crippen LogP contribution in [0.4, 0.5) is 11.4 Å². The third-order valence-electron chi connectivity index (χ3n) is 8.03. The standard InChI is InChI=1S/C31H51N3O2.ClH/c1-7-9-10-11-32-12-14-33(15-13-32)27-21-29(36-8-2)28(34-16-18-35-19-17-34)20-26(27)25-22-30(3,4)24-31(5,6)23-25;/h20-22H,7-19,23-24H2,1-6H3;1H. The Balaban J connectivity index is 0.00000380. The first-order valence-corrected chi connectivity index (χ1v) is 14.5. The van der Waals surface area contributed by atoms with Crippen LogP contribution in [0, 0.1) is 10.8 Å². The Kier molecular flexibility index (Phi) is 10.6. The highest BCUT2D eigenvalue weighted by Crippen LogP contribution is 2.50. The summed E-state index contributed by atoms with van der Waals surface area (Å²) < 4.78 is 12.0. The van der Waals surface area contributed by atoms with Gasteiger partial charge >= 0.3 is 0 Å². The highest BCUT2D eigenvalue weighted by atomic mass is 35.5. The van der Waals surface area contributed by atoms with Crippen molar-refractivity contribution in [1.82, 2.24) is 4.90 Å². The Morgan fingerprint density at radius 1 is 0.865 bits per heavy atom. The normalized spacial score (nSPS) is 21.8. The fourth-order valence-corrected chi connectivity index (χ4v) is 6.75. The van der Waals surface area contributed by atoms with Gasteiger partial charge in [0.1, 0.15) is 5.75 Å². The average molecular weight is 534 g/mol. The average Bonchev–Trinajstić information content (AvgIpc) is 2.83. The van der Waals surface area contributed by atoms with E-state index in [-0.39, 0.29) is 17.8 Å². The number of allylic oxidation sites excluding steroid dienone is 2. The highest BCUT2D eigenvalue weighted by molar-refractivity contribution is 5.85. The highest BCUT2D eigenvalue weighted by Gasteiger charge is 2.35. The first kappa shape index (κ1) is 30.1. The van der Waals surface area contributed by atoms with Crippen molar-refractivity contribution in [2.75, 3.05) is 75.4 Å². The second kappa shape index (κ2) is 13.1. The van der Waals surface area contributed by atoms with E-state index in [1.54, 1.807) is 0 Å². The molecule has 0 spiro atoms. The third kappa shape index (κ3) is 7.80. The molecule has 0 saturated carbocycles. The van der Waals surface area contributed by atoms with Gasteiger partial charge in [-0.2, -0.15) is 0 Å². The molecule has 3 aliphatic rings. The summed E-state index contributed by atoms with van der Waals surface area (Å²) in [5.74, 6) is 1.03. The van der Waals surface area contributed by atoms with Crippen LogP contribution in [0.1, 0.15) is 79.2 Å². The molecule has 0 N–H and O–H groups in total.